The highest BCUT2D eigenvalue weighted by atomic mass is 15.3. The maximum Gasteiger partial charge on any atom is 0.0748 e. The van der Waals surface area contributed by atoms with E-state index < -0.39 is 0 Å². The van der Waals surface area contributed by atoms with Crippen molar-refractivity contribution in [2.45, 2.75) is 32.7 Å². The Bertz CT molecular complexity index is 516. The fourth-order valence-electron chi connectivity index (χ4n) is 2.48. The van der Waals surface area contributed by atoms with E-state index in [-0.39, 0.29) is 6.04 Å². The first kappa shape index (κ1) is 13.8. The molecule has 102 valence electrons. The molecule has 1 unspecified atom stereocenters. The van der Waals surface area contributed by atoms with Gasteiger partial charge in [0.25, 0.3) is 0 Å². The number of hydrogen-bond donors (Lipinski definition) is 1. The van der Waals surface area contributed by atoms with E-state index in [1.807, 2.05) is 17.9 Å². The lowest BCUT2D eigenvalue weighted by Gasteiger charge is -2.19. The average molecular weight is 257 g/mol. The first-order chi connectivity index (χ1) is 9.26. The summed E-state index contributed by atoms with van der Waals surface area (Å²) in [6.07, 6.45) is 4.18. The fraction of sp³-hybridized carbons (Fsp3) is 0.438. The zero-order chi connectivity index (χ0) is 13.7. The molecular weight excluding hydrogens is 234 g/mol. The van der Waals surface area contributed by atoms with Crippen LogP contribution in [0.5, 0.6) is 0 Å². The highest BCUT2D eigenvalue weighted by Gasteiger charge is 2.16. The van der Waals surface area contributed by atoms with Crippen molar-refractivity contribution in [1.29, 1.82) is 0 Å². The second kappa shape index (κ2) is 6.53. The maximum atomic E-state index is 4.28. The van der Waals surface area contributed by atoms with Gasteiger partial charge in [0, 0.05) is 13.2 Å². The molecule has 0 amide bonds. The van der Waals surface area contributed by atoms with E-state index in [1.165, 1.54) is 23.2 Å². The number of nitrogens with zero attached hydrogens (tertiary/aromatic N) is 2. The Balaban J connectivity index is 2.33. The van der Waals surface area contributed by atoms with Gasteiger partial charge in [0.15, 0.2) is 0 Å². The molecule has 1 aromatic heterocycles. The lowest BCUT2D eigenvalue weighted by molar-refractivity contribution is 0.572. The zero-order valence-electron chi connectivity index (χ0n) is 12.1. The van der Waals surface area contributed by atoms with Crippen LogP contribution in [0.25, 0.3) is 0 Å². The molecule has 0 radical (unpaired) electrons. The Labute approximate surface area is 115 Å². The second-order valence-corrected chi connectivity index (χ2v) is 4.87. The van der Waals surface area contributed by atoms with Gasteiger partial charge in [-0.15, -0.1) is 0 Å². The minimum absolute atomic E-state index is 0.217. The lowest BCUT2D eigenvalue weighted by atomic mass is 9.99. The molecule has 3 heteroatoms. The number of aromatic nitrogens is 2. The zero-order valence-corrected chi connectivity index (χ0v) is 12.1. The van der Waals surface area contributed by atoms with Gasteiger partial charge in [0.1, 0.15) is 0 Å². The molecule has 0 spiro atoms. The SMILES string of the molecule is CCCc1cccc(C(NCC)c2ccnn2C)c1. The van der Waals surface area contributed by atoms with Crippen molar-refractivity contribution >= 4 is 0 Å². The lowest BCUT2D eigenvalue weighted by Crippen LogP contribution is -2.24. The van der Waals surface area contributed by atoms with Gasteiger partial charge in [-0.05, 0) is 30.2 Å². The summed E-state index contributed by atoms with van der Waals surface area (Å²) in [5.74, 6) is 0. The quantitative estimate of drug-likeness (QED) is 0.862. The maximum absolute atomic E-state index is 4.28. The van der Waals surface area contributed by atoms with Gasteiger partial charge < -0.3 is 5.32 Å². The van der Waals surface area contributed by atoms with E-state index >= 15 is 0 Å². The van der Waals surface area contributed by atoms with E-state index in [2.05, 4.69) is 54.6 Å². The highest BCUT2D eigenvalue weighted by molar-refractivity contribution is 5.31. The molecule has 0 fully saturated rings. The van der Waals surface area contributed by atoms with Crippen molar-refractivity contribution in [2.24, 2.45) is 7.05 Å². The van der Waals surface area contributed by atoms with Crippen LogP contribution in [-0.4, -0.2) is 16.3 Å². The third-order valence-electron chi connectivity index (χ3n) is 3.39. The first-order valence-corrected chi connectivity index (χ1v) is 7.06. The number of benzene rings is 1. The van der Waals surface area contributed by atoms with Gasteiger partial charge >= 0.3 is 0 Å². The third-order valence-corrected chi connectivity index (χ3v) is 3.39. The molecule has 1 atom stereocenters. The van der Waals surface area contributed by atoms with Crippen LogP contribution in [0.15, 0.2) is 36.5 Å². The largest absolute Gasteiger partial charge is 0.305 e. The molecule has 2 rings (SSSR count). The summed E-state index contributed by atoms with van der Waals surface area (Å²) in [6, 6.07) is 11.2. The average Bonchev–Trinajstić information content (AvgIpc) is 2.83. The number of hydrogen-bond acceptors (Lipinski definition) is 2. The second-order valence-electron chi connectivity index (χ2n) is 4.87. The van der Waals surface area contributed by atoms with Crippen LogP contribution in [0, 0.1) is 0 Å². The summed E-state index contributed by atoms with van der Waals surface area (Å²) >= 11 is 0. The molecule has 19 heavy (non-hydrogen) atoms. The molecule has 0 saturated heterocycles. The molecule has 1 heterocycles. The van der Waals surface area contributed by atoms with Crippen molar-refractivity contribution in [1.82, 2.24) is 15.1 Å². The Hall–Kier alpha value is -1.61. The molecule has 1 N–H and O–H groups in total. The fourth-order valence-corrected chi connectivity index (χ4v) is 2.48. The van der Waals surface area contributed by atoms with Gasteiger partial charge in [-0.1, -0.05) is 44.5 Å². The van der Waals surface area contributed by atoms with Gasteiger partial charge in [-0.25, -0.2) is 0 Å². The van der Waals surface area contributed by atoms with E-state index in [0.717, 1.165) is 13.0 Å². The van der Waals surface area contributed by atoms with Crippen LogP contribution >= 0.6 is 0 Å². The Morgan fingerprint density at radius 2 is 2.11 bits per heavy atom. The Kier molecular flexibility index (Phi) is 4.74. The van der Waals surface area contributed by atoms with Crippen molar-refractivity contribution in [2.75, 3.05) is 6.54 Å². The monoisotopic (exact) mass is 257 g/mol. The summed E-state index contributed by atoms with van der Waals surface area (Å²) in [7, 11) is 2.00. The standard InChI is InChI=1S/C16H23N3/c1-4-7-13-8-6-9-14(12-13)16(17-5-2)15-10-11-18-19(15)3/h6,8-12,16-17H,4-5,7H2,1-3H3. The molecular formula is C16H23N3. The summed E-state index contributed by atoms with van der Waals surface area (Å²) < 4.78 is 1.94. The van der Waals surface area contributed by atoms with Gasteiger partial charge in [-0.2, -0.15) is 5.10 Å². The van der Waals surface area contributed by atoms with E-state index in [0.29, 0.717) is 0 Å². The van der Waals surface area contributed by atoms with Crippen molar-refractivity contribution in [3.05, 3.63) is 53.3 Å². The van der Waals surface area contributed by atoms with Gasteiger partial charge in [-0.3, -0.25) is 4.68 Å². The van der Waals surface area contributed by atoms with Crippen LogP contribution in [0.2, 0.25) is 0 Å². The minimum atomic E-state index is 0.217. The number of rotatable bonds is 6. The molecule has 3 nitrogen and oxygen atoms in total. The summed E-state index contributed by atoms with van der Waals surface area (Å²) in [5.41, 5.74) is 3.93. The van der Waals surface area contributed by atoms with Gasteiger partial charge in [0.2, 0.25) is 0 Å². The summed E-state index contributed by atoms with van der Waals surface area (Å²) in [4.78, 5) is 0. The topological polar surface area (TPSA) is 29.9 Å². The molecule has 0 aliphatic rings. The predicted molar refractivity (Wildman–Crippen MR) is 79.2 cm³/mol. The molecule has 0 aliphatic carbocycles. The van der Waals surface area contributed by atoms with Crippen LogP contribution in [0.4, 0.5) is 0 Å². The van der Waals surface area contributed by atoms with E-state index in [4.69, 9.17) is 0 Å². The Morgan fingerprint density at radius 3 is 2.74 bits per heavy atom. The molecule has 0 saturated carbocycles. The first-order valence-electron chi connectivity index (χ1n) is 7.06. The van der Waals surface area contributed by atoms with Crippen LogP contribution in [-0.2, 0) is 13.5 Å². The number of nitrogens with one attached hydrogen (secondary N) is 1. The smallest absolute Gasteiger partial charge is 0.0748 e. The molecule has 0 aliphatic heterocycles. The van der Waals surface area contributed by atoms with E-state index in [1.54, 1.807) is 0 Å². The van der Waals surface area contributed by atoms with Crippen molar-refractivity contribution < 1.29 is 0 Å². The number of aryl methyl sites for hydroxylation is 2. The Morgan fingerprint density at radius 1 is 1.26 bits per heavy atom. The van der Waals surface area contributed by atoms with Crippen LogP contribution in [0.3, 0.4) is 0 Å². The van der Waals surface area contributed by atoms with Crippen molar-refractivity contribution in [3.8, 4) is 0 Å². The normalized spacial score (nSPS) is 12.6. The van der Waals surface area contributed by atoms with Crippen molar-refractivity contribution in [3.63, 3.8) is 0 Å². The van der Waals surface area contributed by atoms with Crippen LogP contribution < -0.4 is 5.32 Å². The summed E-state index contributed by atoms with van der Waals surface area (Å²) in [6.45, 7) is 5.29. The minimum Gasteiger partial charge on any atom is -0.305 e. The van der Waals surface area contributed by atoms with Crippen LogP contribution in [0.1, 0.15) is 43.1 Å². The van der Waals surface area contributed by atoms with Gasteiger partial charge in [0.05, 0.1) is 11.7 Å². The predicted octanol–water partition coefficient (Wildman–Crippen LogP) is 3.07. The highest BCUT2D eigenvalue weighted by Crippen LogP contribution is 2.22. The third kappa shape index (κ3) is 3.24. The molecule has 2 aromatic rings. The molecule has 1 aromatic carbocycles. The molecule has 0 bridgehead atoms. The van der Waals surface area contributed by atoms with E-state index in [9.17, 15) is 0 Å². The summed E-state index contributed by atoms with van der Waals surface area (Å²) in [5, 5.41) is 7.83.